The first-order valence-electron chi connectivity index (χ1n) is 27.5. The summed E-state index contributed by atoms with van der Waals surface area (Å²) in [5.74, 6) is -6.32. The molecule has 0 aromatic carbocycles. The normalized spacial score (nSPS) is 38.4. The van der Waals surface area contributed by atoms with Crippen molar-refractivity contribution in [3.05, 3.63) is 47.6 Å². The molecule has 0 aromatic rings. The molecule has 422 valence electrons. The van der Waals surface area contributed by atoms with Gasteiger partial charge in [-0.3, -0.25) is 14.4 Å². The number of amides is 1. The molecule has 3 aliphatic heterocycles. The van der Waals surface area contributed by atoms with E-state index in [1.54, 1.807) is 35.4 Å². The van der Waals surface area contributed by atoms with Gasteiger partial charge in [-0.2, -0.15) is 0 Å². The van der Waals surface area contributed by atoms with E-state index < -0.39 is 86.4 Å². The minimum atomic E-state index is -2.41. The summed E-state index contributed by atoms with van der Waals surface area (Å²) in [5.41, 5.74) is 8.91. The highest BCUT2D eigenvalue weighted by Crippen LogP contribution is 2.42. The number of rotatable bonds is 10. The SMILES string of the molecule is CO[C@H]1C[C@@H]2CC[C@@H](C)[C@@](O)(O2)C(=O)C(=O)N2CCCC[C@H]2C(=O)O[C@H]([C@H](N)C[C@@H]2CCC(O[Si](C)(C)C(C)(C)C)[C@H](OC)C2)C[C@@H](OC)[C@H](C)/C=C(\C)[C@@H](OC)[C@@H](OC)C(=O)[C@H](C)C[C@H](C)/C=C/C=C/C=C/1C. The van der Waals surface area contributed by atoms with Crippen LogP contribution in [0, 0.1) is 29.6 Å². The highest BCUT2D eigenvalue weighted by atomic mass is 28.4. The lowest BCUT2D eigenvalue weighted by Gasteiger charge is -2.44. The fourth-order valence-corrected chi connectivity index (χ4v) is 12.7. The molecule has 74 heavy (non-hydrogen) atoms. The van der Waals surface area contributed by atoms with Crippen LogP contribution in [0.25, 0.3) is 0 Å². The Hall–Kier alpha value is -2.90. The maximum Gasteiger partial charge on any atom is 0.329 e. The van der Waals surface area contributed by atoms with Crippen LogP contribution >= 0.6 is 0 Å². The van der Waals surface area contributed by atoms with Crippen molar-refractivity contribution in [2.45, 2.75) is 224 Å². The molecule has 3 fully saturated rings. The molecular formula is C58H98N2O13Si. The number of ketones is 2. The molecule has 1 unspecified atom stereocenters. The monoisotopic (exact) mass is 1060 g/mol. The number of fused-ring (bicyclic) bond motifs is 3. The number of hydrogen-bond donors (Lipinski definition) is 2. The van der Waals surface area contributed by atoms with Crippen LogP contribution in [0.15, 0.2) is 47.6 Å². The van der Waals surface area contributed by atoms with Gasteiger partial charge in [0.15, 0.2) is 14.1 Å². The van der Waals surface area contributed by atoms with Crippen molar-refractivity contribution in [2.75, 3.05) is 42.1 Å². The standard InChI is InChI=1S/C58H98N2O13Si/c1-36-22-18-17-19-23-37(2)47(66-10)34-43-27-25-41(6)58(65,72-43)54(62)55(63)60-29-21-20-24-45(60)56(64)71-49(44(59)32-42-26-28-46(50(33-42)68-12)73-74(15,16)57(7,8)9)35-48(67-11)38(3)31-40(5)52(69-13)53(70-14)51(61)39(4)30-36/h17-19,22-23,31,36,38-39,41-50,52-53,65H,20-21,24-30,32-35,59H2,1-16H3/b19-17+,22-18+,37-23+,40-31+/t36-,38-,39-,41-,42+,43+,44-,45+,46?,47+,48-,49+,50-,52-,53+,58-/m1/s1. The molecule has 1 amide bonds. The first-order valence-corrected chi connectivity index (χ1v) is 30.4. The third-order valence-electron chi connectivity index (χ3n) is 17.1. The number of nitrogens with zero attached hydrogens (tertiary/aromatic N) is 1. The number of Topliss-reactive ketones (excluding diaryl/α,β-unsaturated/α-hetero) is 2. The van der Waals surface area contributed by atoms with Gasteiger partial charge >= 0.3 is 5.97 Å². The summed E-state index contributed by atoms with van der Waals surface area (Å²) in [5, 5.41) is 12.1. The first kappa shape index (κ1) is 63.6. The molecule has 2 bridgehead atoms. The Morgan fingerprint density at radius 1 is 0.784 bits per heavy atom. The quantitative estimate of drug-likeness (QED) is 0.0912. The van der Waals surface area contributed by atoms with E-state index in [0.29, 0.717) is 44.9 Å². The smallest absolute Gasteiger partial charge is 0.329 e. The number of hydrogen-bond acceptors (Lipinski definition) is 14. The van der Waals surface area contributed by atoms with Gasteiger partial charge < -0.3 is 53.3 Å². The van der Waals surface area contributed by atoms with Crippen molar-refractivity contribution in [2.24, 2.45) is 35.3 Å². The van der Waals surface area contributed by atoms with Crippen molar-refractivity contribution in [1.82, 2.24) is 4.90 Å². The molecule has 15 nitrogen and oxygen atoms in total. The van der Waals surface area contributed by atoms with Crippen LogP contribution in [0.4, 0.5) is 0 Å². The molecule has 4 aliphatic rings. The van der Waals surface area contributed by atoms with Gasteiger partial charge in [-0.15, -0.1) is 0 Å². The Kier molecular flexibility index (Phi) is 24.6. The van der Waals surface area contributed by atoms with Gasteiger partial charge in [0, 0.05) is 78.7 Å². The highest BCUT2D eigenvalue weighted by molar-refractivity contribution is 6.74. The third kappa shape index (κ3) is 16.6. The van der Waals surface area contributed by atoms with Gasteiger partial charge in [0.2, 0.25) is 5.79 Å². The van der Waals surface area contributed by atoms with Gasteiger partial charge in [0.1, 0.15) is 24.4 Å². The van der Waals surface area contributed by atoms with Crippen molar-refractivity contribution in [1.29, 1.82) is 0 Å². The molecular weight excluding hydrogens is 961 g/mol. The van der Waals surface area contributed by atoms with Crippen LogP contribution in [-0.4, -0.2) is 151 Å². The lowest BCUT2D eigenvalue weighted by Crippen LogP contribution is -2.61. The zero-order chi connectivity index (χ0) is 55.3. The minimum Gasteiger partial charge on any atom is -0.459 e. The number of nitrogens with two attached hydrogens (primary N) is 1. The number of cyclic esters (lactones) is 1. The maximum atomic E-state index is 14.8. The van der Waals surface area contributed by atoms with Crippen LogP contribution in [0.3, 0.4) is 0 Å². The van der Waals surface area contributed by atoms with Crippen LogP contribution in [0.1, 0.15) is 139 Å². The summed E-state index contributed by atoms with van der Waals surface area (Å²) >= 11 is 0. The number of allylic oxidation sites excluding steroid dienone is 5. The molecule has 1 aliphatic carbocycles. The van der Waals surface area contributed by atoms with Gasteiger partial charge in [-0.05, 0) is 119 Å². The molecule has 2 saturated heterocycles. The summed E-state index contributed by atoms with van der Waals surface area (Å²) in [6.45, 7) is 22.9. The van der Waals surface area contributed by atoms with E-state index in [2.05, 4.69) is 46.9 Å². The van der Waals surface area contributed by atoms with Crippen molar-refractivity contribution >= 4 is 31.8 Å². The second-order valence-electron chi connectivity index (χ2n) is 23.7. The van der Waals surface area contributed by atoms with Crippen LogP contribution < -0.4 is 5.73 Å². The van der Waals surface area contributed by atoms with E-state index >= 15 is 0 Å². The van der Waals surface area contributed by atoms with Gasteiger partial charge in [-0.25, -0.2) is 4.79 Å². The van der Waals surface area contributed by atoms with Crippen molar-refractivity contribution in [3.8, 4) is 0 Å². The fourth-order valence-electron chi connectivity index (χ4n) is 11.3. The van der Waals surface area contributed by atoms with E-state index in [1.807, 2.05) is 58.1 Å². The predicted molar refractivity (Wildman–Crippen MR) is 291 cm³/mol. The Morgan fingerprint density at radius 2 is 1.46 bits per heavy atom. The number of aliphatic hydroxyl groups is 1. The number of ether oxygens (including phenoxy) is 7. The third-order valence-corrected chi connectivity index (χ3v) is 21.6. The van der Waals surface area contributed by atoms with Crippen LogP contribution in [0.5, 0.6) is 0 Å². The largest absolute Gasteiger partial charge is 0.459 e. The van der Waals surface area contributed by atoms with Crippen LogP contribution in [-0.2, 0) is 56.8 Å². The summed E-state index contributed by atoms with van der Waals surface area (Å²) in [6.07, 6.45) is 14.2. The van der Waals surface area contributed by atoms with Gasteiger partial charge in [0.25, 0.3) is 11.7 Å². The molecule has 3 heterocycles. The zero-order valence-electron chi connectivity index (χ0n) is 48.2. The molecule has 0 spiro atoms. The number of methoxy groups -OCH3 is 5. The van der Waals surface area contributed by atoms with E-state index in [9.17, 15) is 24.3 Å². The second kappa shape index (κ2) is 28.6. The fraction of sp³-hybridized carbons (Fsp3) is 0.793. The Balaban J connectivity index is 1.74. The number of piperidine rings is 1. The Bertz CT molecular complexity index is 1960. The lowest BCUT2D eigenvalue weighted by molar-refractivity contribution is -0.265. The number of carbonyl (C=O) groups excluding carboxylic acids is 4. The number of esters is 1. The molecule has 0 radical (unpaired) electrons. The molecule has 4 rings (SSSR count). The van der Waals surface area contributed by atoms with Gasteiger partial charge in [-0.1, -0.05) is 84.9 Å². The summed E-state index contributed by atoms with van der Waals surface area (Å²) in [6, 6.07) is -1.75. The molecule has 0 aromatic heterocycles. The first-order chi connectivity index (χ1) is 34.8. The van der Waals surface area contributed by atoms with E-state index in [1.165, 1.54) is 12.0 Å². The summed E-state index contributed by atoms with van der Waals surface area (Å²) < 4.78 is 49.7. The lowest BCUT2D eigenvalue weighted by atomic mass is 9.80. The van der Waals surface area contributed by atoms with E-state index in [-0.39, 0.29) is 66.1 Å². The topological polar surface area (TPSA) is 192 Å². The summed E-state index contributed by atoms with van der Waals surface area (Å²) in [4.78, 5) is 59.0. The maximum absolute atomic E-state index is 14.8. The average molecular weight is 1060 g/mol. The second-order valence-corrected chi connectivity index (χ2v) is 28.5. The number of carbonyl (C=O) groups is 4. The van der Waals surface area contributed by atoms with E-state index in [4.69, 9.17) is 43.3 Å². The van der Waals surface area contributed by atoms with E-state index in [0.717, 1.165) is 30.4 Å². The summed E-state index contributed by atoms with van der Waals surface area (Å²) in [7, 11) is 5.95. The molecule has 3 N–H and O–H groups in total. The van der Waals surface area contributed by atoms with Crippen LogP contribution in [0.2, 0.25) is 18.1 Å². The zero-order valence-corrected chi connectivity index (χ0v) is 49.2. The molecule has 1 saturated carbocycles. The van der Waals surface area contributed by atoms with Gasteiger partial charge in [0.05, 0.1) is 30.5 Å². The molecule has 16 heteroatoms. The minimum absolute atomic E-state index is 0.0386. The molecule has 16 atom stereocenters. The van der Waals surface area contributed by atoms with Crippen molar-refractivity contribution < 1.29 is 61.9 Å². The average Bonchev–Trinajstić information content (AvgIpc) is 3.35. The Labute approximate surface area is 446 Å². The predicted octanol–water partition coefficient (Wildman–Crippen LogP) is 9.00. The highest BCUT2D eigenvalue weighted by Gasteiger charge is 2.53. The Morgan fingerprint density at radius 3 is 2.08 bits per heavy atom. The van der Waals surface area contributed by atoms with Crippen molar-refractivity contribution in [3.63, 3.8) is 0 Å².